The van der Waals surface area contributed by atoms with Crippen molar-refractivity contribution >= 4 is 12.2 Å². The standard InChI is InChI=1S/C15H19N3O2S/c1-9(2)18-14(16-17-15(18)21)11-8-13-12(7-10(11)3)19-5-4-6-20-13/h7-9H,4-6H2,1-3H3,(H,17,21). The van der Waals surface area contributed by atoms with Crippen molar-refractivity contribution in [2.24, 2.45) is 0 Å². The number of hydrogen-bond donors (Lipinski definition) is 1. The Hall–Kier alpha value is -1.82. The lowest BCUT2D eigenvalue weighted by Gasteiger charge is -2.15. The van der Waals surface area contributed by atoms with E-state index in [-0.39, 0.29) is 6.04 Å². The molecule has 0 atom stereocenters. The van der Waals surface area contributed by atoms with Gasteiger partial charge in [0, 0.05) is 18.0 Å². The molecule has 1 aromatic carbocycles. The quantitative estimate of drug-likeness (QED) is 0.860. The Bertz CT molecular complexity index is 718. The van der Waals surface area contributed by atoms with E-state index < -0.39 is 0 Å². The molecule has 6 heteroatoms. The largest absolute Gasteiger partial charge is 0.490 e. The van der Waals surface area contributed by atoms with E-state index in [1.807, 2.05) is 23.6 Å². The third-order valence-corrected chi connectivity index (χ3v) is 3.84. The van der Waals surface area contributed by atoms with Crippen LogP contribution in [0, 0.1) is 11.7 Å². The second kappa shape index (κ2) is 5.52. The highest BCUT2D eigenvalue weighted by atomic mass is 32.1. The van der Waals surface area contributed by atoms with Gasteiger partial charge < -0.3 is 9.47 Å². The minimum atomic E-state index is 0.238. The van der Waals surface area contributed by atoms with Crippen molar-refractivity contribution in [1.29, 1.82) is 0 Å². The van der Waals surface area contributed by atoms with Crippen LogP contribution in [-0.2, 0) is 0 Å². The summed E-state index contributed by atoms with van der Waals surface area (Å²) in [6.45, 7) is 7.59. The first kappa shape index (κ1) is 14.1. The molecule has 21 heavy (non-hydrogen) atoms. The summed E-state index contributed by atoms with van der Waals surface area (Å²) >= 11 is 5.32. The lowest BCUT2D eigenvalue weighted by molar-refractivity contribution is 0.297. The van der Waals surface area contributed by atoms with E-state index in [2.05, 4.69) is 24.0 Å². The summed E-state index contributed by atoms with van der Waals surface area (Å²) in [7, 11) is 0. The van der Waals surface area contributed by atoms with Gasteiger partial charge in [-0.1, -0.05) is 0 Å². The van der Waals surface area contributed by atoms with Crippen LogP contribution >= 0.6 is 12.2 Å². The number of H-pyrrole nitrogens is 1. The van der Waals surface area contributed by atoms with E-state index in [4.69, 9.17) is 21.7 Å². The summed E-state index contributed by atoms with van der Waals surface area (Å²) in [6.07, 6.45) is 0.897. The zero-order chi connectivity index (χ0) is 15.0. The number of aryl methyl sites for hydroxylation is 1. The molecule has 112 valence electrons. The van der Waals surface area contributed by atoms with Gasteiger partial charge in [0.2, 0.25) is 0 Å². The van der Waals surface area contributed by atoms with Crippen LogP contribution in [0.15, 0.2) is 12.1 Å². The van der Waals surface area contributed by atoms with E-state index in [1.54, 1.807) is 0 Å². The first-order valence-corrected chi connectivity index (χ1v) is 7.56. The van der Waals surface area contributed by atoms with Crippen molar-refractivity contribution in [3.05, 3.63) is 22.5 Å². The van der Waals surface area contributed by atoms with Gasteiger partial charge in [0.05, 0.1) is 13.2 Å². The summed E-state index contributed by atoms with van der Waals surface area (Å²) in [5.41, 5.74) is 2.11. The number of ether oxygens (including phenoxy) is 2. The minimum Gasteiger partial charge on any atom is -0.490 e. The molecule has 1 aromatic heterocycles. The number of fused-ring (bicyclic) bond motifs is 1. The molecule has 1 aliphatic heterocycles. The number of hydrogen-bond acceptors (Lipinski definition) is 4. The molecular formula is C15H19N3O2S. The molecule has 1 aliphatic rings. The van der Waals surface area contributed by atoms with Gasteiger partial charge in [0.25, 0.3) is 0 Å². The maximum absolute atomic E-state index is 5.77. The molecule has 0 aliphatic carbocycles. The highest BCUT2D eigenvalue weighted by molar-refractivity contribution is 7.71. The summed E-state index contributed by atoms with van der Waals surface area (Å²) in [4.78, 5) is 0. The van der Waals surface area contributed by atoms with Crippen LogP contribution in [0.25, 0.3) is 11.4 Å². The van der Waals surface area contributed by atoms with Gasteiger partial charge in [-0.2, -0.15) is 5.10 Å². The van der Waals surface area contributed by atoms with Crippen LogP contribution in [0.5, 0.6) is 11.5 Å². The molecular weight excluding hydrogens is 286 g/mol. The van der Waals surface area contributed by atoms with E-state index >= 15 is 0 Å². The van der Waals surface area contributed by atoms with Crippen LogP contribution in [0.3, 0.4) is 0 Å². The average molecular weight is 305 g/mol. The lowest BCUT2D eigenvalue weighted by atomic mass is 10.1. The first-order valence-electron chi connectivity index (χ1n) is 7.15. The molecule has 3 rings (SSSR count). The Labute approximate surface area is 128 Å². The summed E-state index contributed by atoms with van der Waals surface area (Å²) in [5.74, 6) is 2.42. The molecule has 5 nitrogen and oxygen atoms in total. The fourth-order valence-corrected chi connectivity index (χ4v) is 2.87. The molecule has 0 fully saturated rings. The first-order chi connectivity index (χ1) is 10.1. The van der Waals surface area contributed by atoms with Gasteiger partial charge >= 0.3 is 0 Å². The zero-order valence-electron chi connectivity index (χ0n) is 12.5. The monoisotopic (exact) mass is 305 g/mol. The Kier molecular flexibility index (Phi) is 3.71. The molecule has 0 radical (unpaired) electrons. The normalized spacial score (nSPS) is 14.3. The van der Waals surface area contributed by atoms with Crippen LogP contribution < -0.4 is 9.47 Å². The molecule has 1 N–H and O–H groups in total. The van der Waals surface area contributed by atoms with Gasteiger partial charge in [0.15, 0.2) is 22.1 Å². The highest BCUT2D eigenvalue weighted by Gasteiger charge is 2.18. The number of benzene rings is 1. The van der Waals surface area contributed by atoms with Gasteiger partial charge in [0.1, 0.15) is 0 Å². The van der Waals surface area contributed by atoms with Crippen LogP contribution in [0.1, 0.15) is 31.9 Å². The van der Waals surface area contributed by atoms with Crippen molar-refractivity contribution in [3.8, 4) is 22.9 Å². The minimum absolute atomic E-state index is 0.238. The second-order valence-corrected chi connectivity index (χ2v) is 5.87. The predicted octanol–water partition coefficient (Wildman–Crippen LogP) is 3.66. The van der Waals surface area contributed by atoms with E-state index in [0.29, 0.717) is 18.0 Å². The Morgan fingerprint density at radius 3 is 2.57 bits per heavy atom. The maximum atomic E-state index is 5.77. The molecule has 2 heterocycles. The van der Waals surface area contributed by atoms with Crippen molar-refractivity contribution < 1.29 is 9.47 Å². The predicted molar refractivity (Wildman–Crippen MR) is 83.6 cm³/mol. The van der Waals surface area contributed by atoms with Gasteiger partial charge in [-0.3, -0.25) is 9.67 Å². The van der Waals surface area contributed by atoms with Crippen molar-refractivity contribution in [3.63, 3.8) is 0 Å². The fourth-order valence-electron chi connectivity index (χ4n) is 2.53. The Morgan fingerprint density at radius 2 is 1.90 bits per heavy atom. The molecule has 0 amide bonds. The summed E-state index contributed by atoms with van der Waals surface area (Å²) in [6, 6.07) is 4.25. The highest BCUT2D eigenvalue weighted by Crippen LogP contribution is 2.36. The van der Waals surface area contributed by atoms with Crippen LogP contribution in [0.4, 0.5) is 0 Å². The van der Waals surface area contributed by atoms with Gasteiger partial charge in [-0.05, 0) is 50.7 Å². The number of aromatic amines is 1. The SMILES string of the molecule is Cc1cc2c(cc1-c1n[nH]c(=S)n1C(C)C)OCCCO2. The van der Waals surface area contributed by atoms with Crippen LogP contribution in [-0.4, -0.2) is 28.0 Å². The van der Waals surface area contributed by atoms with Crippen LogP contribution in [0.2, 0.25) is 0 Å². The van der Waals surface area contributed by atoms with Crippen molar-refractivity contribution in [1.82, 2.24) is 14.8 Å². The number of nitrogens with one attached hydrogen (secondary N) is 1. The number of aromatic nitrogens is 3. The van der Waals surface area contributed by atoms with E-state index in [0.717, 1.165) is 34.9 Å². The third-order valence-electron chi connectivity index (χ3n) is 3.56. The molecule has 0 unspecified atom stereocenters. The number of rotatable bonds is 2. The van der Waals surface area contributed by atoms with Gasteiger partial charge in [-0.15, -0.1) is 0 Å². The van der Waals surface area contributed by atoms with E-state index in [1.165, 1.54) is 0 Å². The smallest absolute Gasteiger partial charge is 0.195 e. The lowest BCUT2D eigenvalue weighted by Crippen LogP contribution is -2.04. The number of nitrogens with zero attached hydrogens (tertiary/aromatic N) is 2. The average Bonchev–Trinajstić information content (AvgIpc) is 2.67. The topological polar surface area (TPSA) is 52.1 Å². The van der Waals surface area contributed by atoms with Crippen molar-refractivity contribution in [2.45, 2.75) is 33.2 Å². The van der Waals surface area contributed by atoms with E-state index in [9.17, 15) is 0 Å². The molecule has 0 spiro atoms. The molecule has 0 bridgehead atoms. The van der Waals surface area contributed by atoms with Crippen molar-refractivity contribution in [2.75, 3.05) is 13.2 Å². The zero-order valence-corrected chi connectivity index (χ0v) is 13.3. The molecule has 0 saturated carbocycles. The third kappa shape index (κ3) is 2.55. The molecule has 2 aromatic rings. The maximum Gasteiger partial charge on any atom is 0.195 e. The Balaban J connectivity index is 2.15. The summed E-state index contributed by atoms with van der Waals surface area (Å²) in [5, 5.41) is 7.27. The van der Waals surface area contributed by atoms with Gasteiger partial charge in [-0.25, -0.2) is 0 Å². The Morgan fingerprint density at radius 1 is 1.24 bits per heavy atom. The second-order valence-electron chi connectivity index (χ2n) is 5.48. The fraction of sp³-hybridized carbons (Fsp3) is 0.467. The molecule has 0 saturated heterocycles. The summed E-state index contributed by atoms with van der Waals surface area (Å²) < 4.78 is 14.1.